The van der Waals surface area contributed by atoms with Crippen molar-refractivity contribution in [3.05, 3.63) is 298 Å². The molecular weight excluding hydrogens is 1270 g/mol. The number of rotatable bonds is 29. The summed E-state index contributed by atoms with van der Waals surface area (Å²) in [5.41, 5.74) is 13.5. The summed E-state index contributed by atoms with van der Waals surface area (Å²) in [6.07, 6.45) is 10.9. The monoisotopic (exact) mass is 1340 g/mol. The quantitative estimate of drug-likeness (QED) is 0.0254. The Bertz CT molecular complexity index is 4090. The summed E-state index contributed by atoms with van der Waals surface area (Å²) < 4.78 is 132. The lowest BCUT2D eigenvalue weighted by Crippen LogP contribution is -2.16. The van der Waals surface area contributed by atoms with Crippen LogP contribution in [-0.4, -0.2) is 51.9 Å². The van der Waals surface area contributed by atoms with Gasteiger partial charge in [-0.3, -0.25) is 18.2 Å². The van der Waals surface area contributed by atoms with Gasteiger partial charge in [-0.05, 0) is 229 Å². The van der Waals surface area contributed by atoms with Gasteiger partial charge in [-0.1, -0.05) is 194 Å². The second-order valence-electron chi connectivity index (χ2n) is 23.1. The van der Waals surface area contributed by atoms with E-state index in [4.69, 9.17) is 0 Å². The zero-order chi connectivity index (χ0) is 64.9. The normalized spacial score (nSPS) is 12.2. The van der Waals surface area contributed by atoms with Crippen LogP contribution in [0.15, 0.2) is 262 Å². The second-order valence-corrected chi connectivity index (χ2v) is 33.2. The molecule has 18 heteroatoms. The Balaban J connectivity index is 0.950. The molecule has 0 spiro atoms. The first-order valence-electron chi connectivity index (χ1n) is 30.4. The third kappa shape index (κ3) is 18.9. The Morgan fingerprint density at radius 1 is 0.239 bits per heavy atom. The zero-order valence-corrected chi connectivity index (χ0v) is 55.6. The molecule has 92 heavy (non-hydrogen) atoms. The van der Waals surface area contributed by atoms with Crippen LogP contribution in [0.2, 0.25) is 0 Å². The van der Waals surface area contributed by atoms with Crippen molar-refractivity contribution in [2.45, 2.75) is 109 Å². The summed E-state index contributed by atoms with van der Waals surface area (Å²) >= 11 is 0. The van der Waals surface area contributed by atoms with E-state index in [0.29, 0.717) is 0 Å². The molecule has 10 aromatic carbocycles. The van der Waals surface area contributed by atoms with Crippen LogP contribution in [-0.2, 0) is 104 Å². The van der Waals surface area contributed by atoms with Gasteiger partial charge in [0, 0.05) is 12.3 Å². The largest absolute Gasteiger partial charge is 0.294 e. The Hall–Kier alpha value is -7.30. The SMILES string of the molecule is O=S(=O)(O)c1ccc(CCCc2cccc(P(Cc3ccccc3-c3ccccc3CP(c3cccc(CCCc4ccc(S(=O)(=O)O)cc4)c3)c3cccc(CCCc4ccc(S(=O)(=O)O)cc4)c3)c3cccc(CCCc4ccc(S(=O)(=O)O)cc4)c3)c2)cc1. The predicted molar refractivity (Wildman–Crippen MR) is 371 cm³/mol. The fraction of sp³-hybridized carbons (Fsp3) is 0.189. The summed E-state index contributed by atoms with van der Waals surface area (Å²) in [6.45, 7) is 0. The molecule has 0 atom stereocenters. The highest BCUT2D eigenvalue weighted by atomic mass is 32.2. The van der Waals surface area contributed by atoms with Crippen LogP contribution in [0, 0.1) is 0 Å². The van der Waals surface area contributed by atoms with E-state index in [9.17, 15) is 51.9 Å². The molecule has 0 fully saturated rings. The maximum atomic E-state index is 11.7. The molecule has 10 aromatic rings. The Labute approximate surface area is 544 Å². The minimum atomic E-state index is -4.29. The third-order valence-corrected chi connectivity index (χ3v) is 24.9. The fourth-order valence-corrected chi connectivity index (χ4v) is 18.5. The molecular formula is C74H72O12P2S4. The van der Waals surface area contributed by atoms with Crippen molar-refractivity contribution < 1.29 is 51.9 Å². The Morgan fingerprint density at radius 2 is 0.457 bits per heavy atom. The van der Waals surface area contributed by atoms with Gasteiger partial charge in [0.1, 0.15) is 0 Å². The van der Waals surface area contributed by atoms with Crippen molar-refractivity contribution in [2.75, 3.05) is 0 Å². The van der Waals surface area contributed by atoms with Crippen molar-refractivity contribution in [1.29, 1.82) is 0 Å². The molecule has 0 amide bonds. The molecule has 0 unspecified atom stereocenters. The first kappa shape index (κ1) is 67.6. The molecule has 0 saturated carbocycles. The van der Waals surface area contributed by atoms with Crippen molar-refractivity contribution in [3.8, 4) is 11.1 Å². The average molecular weight is 1340 g/mol. The number of hydrogen-bond donors (Lipinski definition) is 4. The molecule has 0 radical (unpaired) electrons. The zero-order valence-electron chi connectivity index (χ0n) is 50.6. The Morgan fingerprint density at radius 3 is 0.685 bits per heavy atom. The van der Waals surface area contributed by atoms with E-state index in [-0.39, 0.29) is 19.6 Å². The highest BCUT2D eigenvalue weighted by Crippen LogP contribution is 2.45. The second kappa shape index (κ2) is 30.6. The first-order valence-corrected chi connectivity index (χ1v) is 39.2. The maximum Gasteiger partial charge on any atom is 0.294 e. The van der Waals surface area contributed by atoms with Gasteiger partial charge in [-0.25, -0.2) is 0 Å². The van der Waals surface area contributed by atoms with Crippen LogP contribution in [0.3, 0.4) is 0 Å². The highest BCUT2D eigenvalue weighted by molar-refractivity contribution is 7.86. The maximum absolute atomic E-state index is 11.7. The van der Waals surface area contributed by atoms with Gasteiger partial charge in [-0.2, -0.15) is 33.7 Å². The fourth-order valence-electron chi connectivity index (χ4n) is 11.7. The lowest BCUT2D eigenvalue weighted by atomic mass is 9.97. The third-order valence-electron chi connectivity index (χ3n) is 16.5. The molecule has 12 nitrogen and oxygen atoms in total. The lowest BCUT2D eigenvalue weighted by molar-refractivity contribution is 0.481. The van der Waals surface area contributed by atoms with Crippen LogP contribution in [0.5, 0.6) is 0 Å². The summed E-state index contributed by atoms with van der Waals surface area (Å²) in [6, 6.07) is 78.6. The minimum absolute atomic E-state index is 0.130. The molecule has 4 N–H and O–H groups in total. The van der Waals surface area contributed by atoms with Gasteiger partial charge in [0.2, 0.25) is 0 Å². The molecule has 0 aliphatic carbocycles. The van der Waals surface area contributed by atoms with Crippen LogP contribution in [0.4, 0.5) is 0 Å². The van der Waals surface area contributed by atoms with Crippen molar-refractivity contribution in [2.24, 2.45) is 0 Å². The van der Waals surface area contributed by atoms with E-state index < -0.39 is 56.3 Å². The molecule has 0 saturated heterocycles. The van der Waals surface area contributed by atoms with Crippen LogP contribution < -0.4 is 21.2 Å². The predicted octanol–water partition coefficient (Wildman–Crippen LogP) is 14.3. The number of benzene rings is 10. The highest BCUT2D eigenvalue weighted by Gasteiger charge is 2.23. The molecule has 0 bridgehead atoms. The van der Waals surface area contributed by atoms with E-state index in [2.05, 4.69) is 146 Å². The van der Waals surface area contributed by atoms with E-state index in [1.807, 2.05) is 0 Å². The Kier molecular flexibility index (Phi) is 22.5. The molecule has 0 aliphatic rings. The summed E-state index contributed by atoms with van der Waals surface area (Å²) in [5.74, 6) is 0. The molecule has 10 rings (SSSR count). The molecule has 0 aliphatic heterocycles. The standard InChI is InChI=1S/C74H72O12P2S4/c75-89(76,77)69-41-33-55(34-42-69)13-5-17-59-21-9-27-65(49-59)87(66-28-10-22-60(50-66)18-6-14-56-35-43-70(44-36-56)90(78,79)80)53-63-25-1-3-31-73(63)74-32-4-2-26-64(74)54-88(67-29-11-23-61(51-67)19-7-15-57-37-45-71(46-38-57)91(81,82)83)68-30-12-24-62(52-68)20-8-16-58-39-47-72(48-40-58)92(84,85)86/h1-4,9-12,21-52H,5-8,13-20,53-54H2,(H,75,76,77)(H,78,79,80)(H,81,82,83)(H,84,85,86). The van der Waals surface area contributed by atoms with Crippen LogP contribution >= 0.6 is 15.8 Å². The van der Waals surface area contributed by atoms with Gasteiger partial charge in [0.05, 0.1) is 19.6 Å². The van der Waals surface area contributed by atoms with Gasteiger partial charge >= 0.3 is 0 Å². The van der Waals surface area contributed by atoms with Gasteiger partial charge < -0.3 is 0 Å². The number of hydrogen-bond acceptors (Lipinski definition) is 8. The topological polar surface area (TPSA) is 217 Å². The van der Waals surface area contributed by atoms with E-state index in [1.54, 1.807) is 48.5 Å². The van der Waals surface area contributed by atoms with Crippen LogP contribution in [0.25, 0.3) is 11.1 Å². The van der Waals surface area contributed by atoms with E-state index in [0.717, 1.165) is 123 Å². The lowest BCUT2D eigenvalue weighted by Gasteiger charge is -2.24. The van der Waals surface area contributed by atoms with Crippen molar-refractivity contribution in [1.82, 2.24) is 0 Å². The van der Waals surface area contributed by atoms with Crippen molar-refractivity contribution in [3.63, 3.8) is 0 Å². The van der Waals surface area contributed by atoms with Crippen LogP contribution in [0.1, 0.15) is 81.3 Å². The molecule has 474 valence electrons. The first-order chi connectivity index (χ1) is 44.1. The minimum Gasteiger partial charge on any atom is -0.282 e. The van der Waals surface area contributed by atoms with Gasteiger partial charge in [-0.15, -0.1) is 0 Å². The molecule has 0 aromatic heterocycles. The average Bonchev–Trinajstić information content (AvgIpc) is 1.45. The summed E-state index contributed by atoms with van der Waals surface area (Å²) in [4.78, 5) is -0.521. The van der Waals surface area contributed by atoms with E-state index in [1.165, 1.54) is 103 Å². The summed E-state index contributed by atoms with van der Waals surface area (Å²) in [7, 11) is -19.2. The molecule has 0 heterocycles. The number of aryl methyl sites for hydroxylation is 8. The van der Waals surface area contributed by atoms with E-state index >= 15 is 0 Å². The summed E-state index contributed by atoms with van der Waals surface area (Å²) in [5, 5.41) is 4.95. The van der Waals surface area contributed by atoms with Gasteiger partial charge in [0.15, 0.2) is 0 Å². The smallest absolute Gasteiger partial charge is 0.282 e. The van der Waals surface area contributed by atoms with Gasteiger partial charge in [0.25, 0.3) is 40.5 Å². The van der Waals surface area contributed by atoms with Crippen molar-refractivity contribution >= 4 is 77.5 Å².